The predicted molar refractivity (Wildman–Crippen MR) is 115 cm³/mol. The maximum Gasteiger partial charge on any atom is 0.246 e. The topological polar surface area (TPSA) is 46.6 Å². The fraction of sp³-hybridized carbons (Fsp3) is 0.304. The quantitative estimate of drug-likeness (QED) is 0.605. The molecular formula is C23H21Cl2NO3. The van der Waals surface area contributed by atoms with Crippen LogP contribution in [0.5, 0.6) is 5.75 Å². The van der Waals surface area contributed by atoms with Crippen LogP contribution in [0.3, 0.4) is 0 Å². The Hall–Kier alpha value is -2.30. The van der Waals surface area contributed by atoms with E-state index in [-0.39, 0.29) is 11.7 Å². The molecule has 2 heterocycles. The van der Waals surface area contributed by atoms with Crippen LogP contribution in [0, 0.1) is 6.92 Å². The Morgan fingerprint density at radius 1 is 1.14 bits per heavy atom. The first-order valence-electron chi connectivity index (χ1n) is 9.60. The largest absolute Gasteiger partial charge is 0.486 e. The molecule has 0 radical (unpaired) electrons. The Bertz CT molecular complexity index is 1010. The molecule has 0 aromatic heterocycles. The molecule has 2 aromatic carbocycles. The minimum absolute atomic E-state index is 0.0796. The Balaban J connectivity index is 1.41. The zero-order chi connectivity index (χ0) is 20.6. The van der Waals surface area contributed by atoms with Crippen LogP contribution < -0.4 is 4.74 Å². The van der Waals surface area contributed by atoms with E-state index in [0.29, 0.717) is 53.7 Å². The first-order chi connectivity index (χ1) is 13.8. The summed E-state index contributed by atoms with van der Waals surface area (Å²) in [4.78, 5) is 27.0. The number of rotatable bonds is 2. The number of likely N-dealkylation sites (tertiary alicyclic amines) is 1. The van der Waals surface area contributed by atoms with Crippen LogP contribution in [0.1, 0.15) is 40.7 Å². The van der Waals surface area contributed by atoms with Gasteiger partial charge in [-0.3, -0.25) is 9.59 Å². The van der Waals surface area contributed by atoms with Gasteiger partial charge in [-0.05, 0) is 42.8 Å². The lowest BCUT2D eigenvalue weighted by Gasteiger charge is -2.43. The number of amides is 1. The summed E-state index contributed by atoms with van der Waals surface area (Å²) in [5.41, 5.74) is 1.94. The van der Waals surface area contributed by atoms with E-state index in [9.17, 15) is 9.59 Å². The fourth-order valence-corrected chi connectivity index (χ4v) is 4.40. The van der Waals surface area contributed by atoms with Crippen molar-refractivity contribution in [2.45, 2.75) is 31.8 Å². The summed E-state index contributed by atoms with van der Waals surface area (Å²) in [6.45, 7) is 3.06. The molecule has 0 aliphatic carbocycles. The van der Waals surface area contributed by atoms with Crippen molar-refractivity contribution < 1.29 is 14.3 Å². The molecule has 6 heteroatoms. The fourth-order valence-electron chi connectivity index (χ4n) is 3.92. The number of piperidine rings is 1. The summed E-state index contributed by atoms with van der Waals surface area (Å²) in [6.07, 6.45) is 4.85. The average molecular weight is 430 g/mol. The number of halogens is 2. The number of carbonyl (C=O) groups excluding carboxylic acids is 2. The van der Waals surface area contributed by atoms with Crippen LogP contribution in [-0.4, -0.2) is 35.3 Å². The SMILES string of the molecule is Cc1ccc2c(c1)C(=O)CC1(CCN(C(=O)/C=C/c3ccc(Cl)cc3Cl)CC1)O2. The van der Waals surface area contributed by atoms with Gasteiger partial charge < -0.3 is 9.64 Å². The molecule has 2 aliphatic heterocycles. The van der Waals surface area contributed by atoms with Crippen LogP contribution in [0.25, 0.3) is 6.08 Å². The lowest BCUT2D eigenvalue weighted by Crippen LogP contribution is -2.52. The van der Waals surface area contributed by atoms with Crippen molar-refractivity contribution in [1.29, 1.82) is 0 Å². The van der Waals surface area contributed by atoms with Crippen LogP contribution in [0.2, 0.25) is 10.0 Å². The second-order valence-electron chi connectivity index (χ2n) is 7.71. The molecule has 1 saturated heterocycles. The summed E-state index contributed by atoms with van der Waals surface area (Å²) in [7, 11) is 0. The minimum atomic E-state index is -0.515. The van der Waals surface area contributed by atoms with Gasteiger partial charge in [0.1, 0.15) is 11.4 Å². The van der Waals surface area contributed by atoms with Gasteiger partial charge in [0.15, 0.2) is 5.78 Å². The van der Waals surface area contributed by atoms with E-state index in [1.165, 1.54) is 6.08 Å². The van der Waals surface area contributed by atoms with Gasteiger partial charge in [0, 0.05) is 42.1 Å². The van der Waals surface area contributed by atoms with E-state index in [4.69, 9.17) is 27.9 Å². The van der Waals surface area contributed by atoms with Crippen molar-refractivity contribution in [3.63, 3.8) is 0 Å². The van der Waals surface area contributed by atoms with Crippen LogP contribution in [0.15, 0.2) is 42.5 Å². The van der Waals surface area contributed by atoms with E-state index >= 15 is 0 Å². The van der Waals surface area contributed by atoms with Crippen LogP contribution in [0.4, 0.5) is 0 Å². The lowest BCUT2D eigenvalue weighted by molar-refractivity contribution is -0.129. The highest BCUT2D eigenvalue weighted by atomic mass is 35.5. The normalized spacial score (nSPS) is 18.0. The van der Waals surface area contributed by atoms with E-state index in [1.54, 1.807) is 29.2 Å². The molecular weight excluding hydrogens is 409 g/mol. The van der Waals surface area contributed by atoms with Gasteiger partial charge in [0.2, 0.25) is 5.91 Å². The molecule has 4 rings (SSSR count). The third kappa shape index (κ3) is 4.19. The molecule has 2 aromatic rings. The third-order valence-electron chi connectivity index (χ3n) is 5.60. The van der Waals surface area contributed by atoms with E-state index in [2.05, 4.69) is 0 Å². The average Bonchev–Trinajstić information content (AvgIpc) is 2.68. The Labute approximate surface area is 180 Å². The maximum absolute atomic E-state index is 12.6. The highest BCUT2D eigenvalue weighted by molar-refractivity contribution is 6.35. The molecule has 0 bridgehead atoms. The summed E-state index contributed by atoms with van der Waals surface area (Å²) >= 11 is 12.1. The Kier molecular flexibility index (Phi) is 5.41. The molecule has 0 N–H and O–H groups in total. The highest BCUT2D eigenvalue weighted by Crippen LogP contribution is 2.39. The van der Waals surface area contributed by atoms with Crippen molar-refractivity contribution >= 4 is 41.0 Å². The molecule has 29 heavy (non-hydrogen) atoms. The van der Waals surface area contributed by atoms with Gasteiger partial charge in [-0.25, -0.2) is 0 Å². The van der Waals surface area contributed by atoms with Crippen molar-refractivity contribution in [3.8, 4) is 5.75 Å². The second-order valence-corrected chi connectivity index (χ2v) is 8.55. The monoisotopic (exact) mass is 429 g/mol. The van der Waals surface area contributed by atoms with Gasteiger partial charge in [0.05, 0.1) is 12.0 Å². The Morgan fingerprint density at radius 3 is 2.62 bits per heavy atom. The number of carbonyl (C=O) groups is 2. The molecule has 0 unspecified atom stereocenters. The van der Waals surface area contributed by atoms with E-state index < -0.39 is 5.60 Å². The summed E-state index contributed by atoms with van der Waals surface area (Å²) in [5, 5.41) is 1.06. The number of hydrogen-bond acceptors (Lipinski definition) is 3. The number of Topliss-reactive ketones (excluding diaryl/α,β-unsaturated/α-hetero) is 1. The lowest BCUT2D eigenvalue weighted by atomic mass is 9.82. The van der Waals surface area contributed by atoms with E-state index in [0.717, 1.165) is 11.1 Å². The Morgan fingerprint density at radius 2 is 1.90 bits per heavy atom. The molecule has 1 amide bonds. The number of ketones is 1. The molecule has 0 saturated carbocycles. The number of benzene rings is 2. The molecule has 0 atom stereocenters. The van der Waals surface area contributed by atoms with Gasteiger partial charge in [-0.1, -0.05) is 40.9 Å². The van der Waals surface area contributed by atoms with Crippen molar-refractivity contribution in [3.05, 3.63) is 69.2 Å². The molecule has 1 fully saturated rings. The zero-order valence-corrected chi connectivity index (χ0v) is 17.6. The van der Waals surface area contributed by atoms with Crippen LogP contribution >= 0.6 is 23.2 Å². The van der Waals surface area contributed by atoms with Crippen molar-refractivity contribution in [1.82, 2.24) is 4.90 Å². The first kappa shape index (κ1) is 20.0. The minimum Gasteiger partial charge on any atom is -0.486 e. The summed E-state index contributed by atoms with van der Waals surface area (Å²) in [6, 6.07) is 10.9. The molecule has 1 spiro atoms. The molecule has 150 valence electrons. The van der Waals surface area contributed by atoms with Gasteiger partial charge in [0.25, 0.3) is 0 Å². The smallest absolute Gasteiger partial charge is 0.246 e. The van der Waals surface area contributed by atoms with E-state index in [1.807, 2.05) is 25.1 Å². The summed E-state index contributed by atoms with van der Waals surface area (Å²) < 4.78 is 6.26. The highest BCUT2D eigenvalue weighted by Gasteiger charge is 2.43. The number of fused-ring (bicyclic) bond motifs is 1. The number of hydrogen-bond donors (Lipinski definition) is 0. The second kappa shape index (κ2) is 7.85. The standard InChI is InChI=1S/C23H21Cl2NO3/c1-15-2-6-21-18(12-15)20(27)14-23(29-21)8-10-26(11-9-23)22(28)7-4-16-3-5-17(24)13-19(16)25/h2-7,12-13H,8-11,14H2,1H3/b7-4+. The number of ether oxygens (including phenoxy) is 1. The van der Waals surface area contributed by atoms with Crippen LogP contribution in [-0.2, 0) is 4.79 Å². The first-order valence-corrected chi connectivity index (χ1v) is 10.4. The van der Waals surface area contributed by atoms with Gasteiger partial charge >= 0.3 is 0 Å². The molecule has 4 nitrogen and oxygen atoms in total. The maximum atomic E-state index is 12.6. The van der Waals surface area contributed by atoms with Crippen molar-refractivity contribution in [2.24, 2.45) is 0 Å². The van der Waals surface area contributed by atoms with Gasteiger partial charge in [-0.2, -0.15) is 0 Å². The number of aryl methyl sites for hydroxylation is 1. The van der Waals surface area contributed by atoms with Gasteiger partial charge in [-0.15, -0.1) is 0 Å². The molecule has 2 aliphatic rings. The number of nitrogens with zero attached hydrogens (tertiary/aromatic N) is 1. The van der Waals surface area contributed by atoms with Crippen molar-refractivity contribution in [2.75, 3.05) is 13.1 Å². The zero-order valence-electron chi connectivity index (χ0n) is 16.1. The third-order valence-corrected chi connectivity index (χ3v) is 6.16. The predicted octanol–water partition coefficient (Wildman–Crippen LogP) is 5.34. The summed E-state index contributed by atoms with van der Waals surface area (Å²) in [5.74, 6) is 0.694.